The zero-order valence-corrected chi connectivity index (χ0v) is 21.7. The largest absolute Gasteiger partial charge is 0.492 e. The first-order valence-corrected chi connectivity index (χ1v) is 12.7. The van der Waals surface area contributed by atoms with E-state index in [1.165, 1.54) is 18.5 Å². The van der Waals surface area contributed by atoms with Gasteiger partial charge < -0.3 is 24.4 Å². The van der Waals surface area contributed by atoms with Crippen molar-refractivity contribution in [2.75, 3.05) is 25.0 Å². The Morgan fingerprint density at radius 1 is 1.22 bits per heavy atom. The summed E-state index contributed by atoms with van der Waals surface area (Å²) in [5, 5.41) is 3.27. The lowest BCUT2D eigenvalue weighted by molar-refractivity contribution is 0.0275. The molecule has 5 rings (SSSR count). The summed E-state index contributed by atoms with van der Waals surface area (Å²) in [6.45, 7) is 6.95. The Kier molecular flexibility index (Phi) is 6.94. The second-order valence-electron chi connectivity index (χ2n) is 10.3. The maximum absolute atomic E-state index is 14.9. The molecule has 2 aliphatic rings. The third-order valence-corrected chi connectivity index (χ3v) is 6.28. The summed E-state index contributed by atoms with van der Waals surface area (Å²) in [5.74, 6) is 0.969. The highest BCUT2D eigenvalue weighted by atomic mass is 35.5. The summed E-state index contributed by atoms with van der Waals surface area (Å²) >= 11 is 6.34. The van der Waals surface area contributed by atoms with Crippen molar-refractivity contribution in [2.45, 2.75) is 51.7 Å². The van der Waals surface area contributed by atoms with Gasteiger partial charge in [-0.25, -0.2) is 24.1 Å². The van der Waals surface area contributed by atoms with Gasteiger partial charge in [0.25, 0.3) is 0 Å². The maximum Gasteiger partial charge on any atom is 0.410 e. The first kappa shape index (κ1) is 25.3. The van der Waals surface area contributed by atoms with E-state index < -0.39 is 11.4 Å². The van der Waals surface area contributed by atoms with Crippen molar-refractivity contribution in [1.29, 1.82) is 0 Å². The number of nitrogens with one attached hydrogen (secondary N) is 1. The maximum atomic E-state index is 14.9. The molecule has 3 aromatic rings. The highest BCUT2D eigenvalue weighted by Crippen LogP contribution is 2.35. The van der Waals surface area contributed by atoms with E-state index >= 15 is 0 Å². The van der Waals surface area contributed by atoms with Gasteiger partial charge in [0, 0.05) is 25.1 Å². The van der Waals surface area contributed by atoms with Crippen LogP contribution in [0.5, 0.6) is 11.6 Å². The van der Waals surface area contributed by atoms with Crippen molar-refractivity contribution in [3.63, 3.8) is 0 Å². The van der Waals surface area contributed by atoms with E-state index in [-0.39, 0.29) is 17.9 Å². The van der Waals surface area contributed by atoms with Gasteiger partial charge in [0.05, 0.1) is 29.4 Å². The number of fused-ring (bicyclic) bond motifs is 1. The smallest absolute Gasteiger partial charge is 0.410 e. The number of halogens is 2. The summed E-state index contributed by atoms with van der Waals surface area (Å²) in [6, 6.07) is 6.20. The molecule has 2 aromatic heterocycles. The van der Waals surface area contributed by atoms with Gasteiger partial charge in [-0.3, -0.25) is 0 Å². The number of amides is 1. The number of aromatic nitrogens is 3. The molecular weight excluding hydrogens is 501 g/mol. The second-order valence-corrected chi connectivity index (χ2v) is 10.7. The summed E-state index contributed by atoms with van der Waals surface area (Å²) in [4.78, 5) is 27.0. The Hall–Kier alpha value is -3.40. The van der Waals surface area contributed by atoms with Crippen LogP contribution in [0.25, 0.3) is 11.0 Å². The minimum Gasteiger partial charge on any atom is -0.492 e. The quantitative estimate of drug-likeness (QED) is 0.414. The van der Waals surface area contributed by atoms with Gasteiger partial charge in [0.2, 0.25) is 5.88 Å². The third-order valence-electron chi connectivity index (χ3n) is 5.99. The van der Waals surface area contributed by atoms with E-state index in [9.17, 15) is 9.18 Å². The van der Waals surface area contributed by atoms with Crippen LogP contribution in [0.4, 0.5) is 20.7 Å². The van der Waals surface area contributed by atoms with Crippen LogP contribution < -0.4 is 14.8 Å². The van der Waals surface area contributed by atoms with E-state index in [1.807, 2.05) is 20.8 Å². The number of nitrogens with zero attached hydrogens (tertiary/aromatic N) is 4. The molecule has 0 spiro atoms. The lowest BCUT2D eigenvalue weighted by Gasteiger charge is -2.24. The molecule has 1 N–H and O–H groups in total. The molecule has 0 bridgehead atoms. The molecule has 11 heteroatoms. The fourth-order valence-corrected chi connectivity index (χ4v) is 4.14. The Bertz CT molecular complexity index is 1310. The number of pyridine rings is 1. The van der Waals surface area contributed by atoms with Crippen molar-refractivity contribution in [3.05, 3.63) is 41.4 Å². The molecule has 37 heavy (non-hydrogen) atoms. The molecular formula is C26H29ClFN5O4. The number of hydrogen-bond acceptors (Lipinski definition) is 8. The molecule has 1 saturated heterocycles. The van der Waals surface area contributed by atoms with Gasteiger partial charge in [-0.05, 0) is 51.7 Å². The number of carbonyl (C=O) groups is 1. The normalized spacial score (nSPS) is 17.6. The lowest BCUT2D eigenvalue weighted by Crippen LogP contribution is -2.36. The summed E-state index contributed by atoms with van der Waals surface area (Å²) in [6.07, 6.45) is 3.67. The average Bonchev–Trinajstić information content (AvgIpc) is 3.55. The first-order valence-electron chi connectivity index (χ1n) is 12.3. The van der Waals surface area contributed by atoms with Crippen molar-refractivity contribution < 1.29 is 23.4 Å². The minimum absolute atomic E-state index is 0.140. The Balaban J connectivity index is 1.30. The number of likely N-dealkylation sites (tertiary alicyclic amines) is 1. The van der Waals surface area contributed by atoms with E-state index in [4.69, 9.17) is 25.8 Å². The molecule has 0 radical (unpaired) electrons. The standard InChI is InChI=1S/C26H29ClFN5O4/c1-26(2,3)37-25(34)33-9-8-16(12-33)36-22-7-6-19-23(32-22)24(30-14-29-19)31-20-10-17(27)21(11-18(20)28)35-13-15-4-5-15/h6-7,10-11,14-16H,4-5,8-9,12-13H2,1-3H3,(H,29,30,31)/t16-/m0/s1. The molecule has 9 nitrogen and oxygen atoms in total. The second kappa shape index (κ2) is 10.2. The number of ether oxygens (including phenoxy) is 3. The summed E-state index contributed by atoms with van der Waals surface area (Å²) in [7, 11) is 0. The number of carbonyl (C=O) groups excluding carboxylic acids is 1. The number of hydrogen-bond donors (Lipinski definition) is 1. The van der Waals surface area contributed by atoms with Gasteiger partial charge in [-0.1, -0.05) is 11.6 Å². The Morgan fingerprint density at radius 2 is 2.03 bits per heavy atom. The van der Waals surface area contributed by atoms with Gasteiger partial charge in [-0.2, -0.15) is 0 Å². The Labute approximate surface area is 219 Å². The van der Waals surface area contributed by atoms with Crippen LogP contribution in [-0.2, 0) is 4.74 Å². The molecule has 1 amide bonds. The number of rotatable bonds is 7. The molecule has 196 valence electrons. The van der Waals surface area contributed by atoms with Crippen LogP contribution in [0, 0.1) is 11.7 Å². The predicted octanol–water partition coefficient (Wildman–Crippen LogP) is 5.74. The summed E-state index contributed by atoms with van der Waals surface area (Å²) < 4.78 is 32.0. The monoisotopic (exact) mass is 529 g/mol. The van der Waals surface area contributed by atoms with Gasteiger partial charge in [-0.15, -0.1) is 0 Å². The van der Waals surface area contributed by atoms with Crippen molar-refractivity contribution in [1.82, 2.24) is 19.9 Å². The lowest BCUT2D eigenvalue weighted by atomic mass is 10.2. The van der Waals surface area contributed by atoms with E-state index in [1.54, 1.807) is 17.0 Å². The van der Waals surface area contributed by atoms with Crippen LogP contribution in [-0.4, -0.2) is 57.3 Å². The molecule has 1 aromatic carbocycles. The fourth-order valence-electron chi connectivity index (χ4n) is 3.92. The van der Waals surface area contributed by atoms with Crippen LogP contribution in [0.3, 0.4) is 0 Å². The zero-order chi connectivity index (χ0) is 26.2. The van der Waals surface area contributed by atoms with E-state index in [2.05, 4.69) is 20.3 Å². The predicted molar refractivity (Wildman–Crippen MR) is 137 cm³/mol. The molecule has 1 saturated carbocycles. The molecule has 1 aliphatic heterocycles. The fraction of sp³-hybridized carbons (Fsp3) is 0.462. The van der Waals surface area contributed by atoms with E-state index in [0.29, 0.717) is 65.5 Å². The number of benzene rings is 1. The highest BCUT2D eigenvalue weighted by molar-refractivity contribution is 6.32. The molecule has 1 atom stereocenters. The zero-order valence-electron chi connectivity index (χ0n) is 21.0. The van der Waals surface area contributed by atoms with Crippen LogP contribution in [0.1, 0.15) is 40.0 Å². The average molecular weight is 530 g/mol. The van der Waals surface area contributed by atoms with Crippen LogP contribution >= 0.6 is 11.6 Å². The molecule has 2 fully saturated rings. The molecule has 1 aliphatic carbocycles. The Morgan fingerprint density at radius 3 is 2.78 bits per heavy atom. The van der Waals surface area contributed by atoms with Crippen molar-refractivity contribution in [3.8, 4) is 11.6 Å². The SMILES string of the molecule is CC(C)(C)OC(=O)N1CC[C@H](Oc2ccc3ncnc(Nc4cc(Cl)c(OCC5CC5)cc4F)c3n2)C1. The highest BCUT2D eigenvalue weighted by Gasteiger charge is 2.31. The van der Waals surface area contributed by atoms with Gasteiger partial charge >= 0.3 is 6.09 Å². The first-order chi connectivity index (χ1) is 17.6. The van der Waals surface area contributed by atoms with E-state index in [0.717, 1.165) is 12.8 Å². The van der Waals surface area contributed by atoms with Crippen molar-refractivity contribution >= 4 is 40.2 Å². The topological polar surface area (TPSA) is 98.7 Å². The number of anilines is 2. The van der Waals surface area contributed by atoms with Crippen LogP contribution in [0.15, 0.2) is 30.6 Å². The van der Waals surface area contributed by atoms with Crippen molar-refractivity contribution in [2.24, 2.45) is 5.92 Å². The van der Waals surface area contributed by atoms with Gasteiger partial charge in [0.15, 0.2) is 5.82 Å². The van der Waals surface area contributed by atoms with Crippen LogP contribution in [0.2, 0.25) is 5.02 Å². The third kappa shape index (κ3) is 6.30. The molecule has 0 unspecified atom stereocenters. The summed E-state index contributed by atoms with van der Waals surface area (Å²) in [5.41, 5.74) is 0.544. The van der Waals surface area contributed by atoms with Gasteiger partial charge in [0.1, 0.15) is 35.1 Å². The molecule has 3 heterocycles. The minimum atomic E-state index is -0.563.